The molecule has 0 atom stereocenters. The molecule has 0 aromatic heterocycles. The molecule has 0 spiro atoms. The van der Waals surface area contributed by atoms with Gasteiger partial charge in [0.05, 0.1) is 7.11 Å². The summed E-state index contributed by atoms with van der Waals surface area (Å²) < 4.78 is 5.45. The van der Waals surface area contributed by atoms with E-state index in [9.17, 15) is 0 Å². The molecule has 1 aromatic carbocycles. The van der Waals surface area contributed by atoms with Gasteiger partial charge in [-0.05, 0) is 41.5 Å². The monoisotopic (exact) mass is 240 g/mol. The third-order valence-corrected chi connectivity index (χ3v) is 3.02. The normalized spacial score (nSPS) is 11.6. The number of hydrogen-bond acceptors (Lipinski definition) is 1. The molecule has 0 saturated carbocycles. The number of alkyl halides is 1. The van der Waals surface area contributed by atoms with Crippen molar-refractivity contribution in [1.29, 1.82) is 0 Å². The zero-order valence-corrected chi connectivity index (χ0v) is 11.6. The van der Waals surface area contributed by atoms with Gasteiger partial charge in [0.1, 0.15) is 5.75 Å². The van der Waals surface area contributed by atoms with Gasteiger partial charge in [-0.15, -0.1) is 11.6 Å². The number of benzene rings is 1. The first-order valence-electron chi connectivity index (χ1n) is 5.64. The van der Waals surface area contributed by atoms with E-state index in [0.717, 1.165) is 12.2 Å². The van der Waals surface area contributed by atoms with E-state index >= 15 is 0 Å². The Kier molecular flexibility index (Phi) is 4.26. The number of halogens is 1. The van der Waals surface area contributed by atoms with Gasteiger partial charge < -0.3 is 4.74 Å². The van der Waals surface area contributed by atoms with Crippen LogP contribution in [0.2, 0.25) is 0 Å². The lowest BCUT2D eigenvalue weighted by Gasteiger charge is -2.24. The van der Waals surface area contributed by atoms with E-state index < -0.39 is 0 Å². The van der Waals surface area contributed by atoms with Gasteiger partial charge in [-0.25, -0.2) is 0 Å². The molecule has 0 unspecified atom stereocenters. The molecule has 0 aliphatic rings. The van der Waals surface area contributed by atoms with Crippen molar-refractivity contribution in [3.8, 4) is 5.75 Å². The summed E-state index contributed by atoms with van der Waals surface area (Å²) in [5, 5.41) is 0. The Morgan fingerprint density at radius 1 is 1.25 bits per heavy atom. The Labute approximate surface area is 104 Å². The van der Waals surface area contributed by atoms with Crippen molar-refractivity contribution in [2.24, 2.45) is 0 Å². The summed E-state index contributed by atoms with van der Waals surface area (Å²) in [6.07, 6.45) is 0.917. The Morgan fingerprint density at radius 2 is 1.88 bits per heavy atom. The third-order valence-electron chi connectivity index (χ3n) is 2.83. The van der Waals surface area contributed by atoms with Gasteiger partial charge in [-0.1, -0.05) is 26.8 Å². The number of methoxy groups -OCH3 is 1. The zero-order chi connectivity index (χ0) is 12.3. The van der Waals surface area contributed by atoms with Crippen LogP contribution < -0.4 is 4.74 Å². The van der Waals surface area contributed by atoms with Crippen LogP contribution in [0.1, 0.15) is 37.5 Å². The molecule has 0 radical (unpaired) electrons. The molecule has 0 fully saturated rings. The molecule has 0 heterocycles. The molecule has 0 bridgehead atoms. The van der Waals surface area contributed by atoms with Gasteiger partial charge in [0.2, 0.25) is 0 Å². The van der Waals surface area contributed by atoms with E-state index in [0.29, 0.717) is 5.88 Å². The van der Waals surface area contributed by atoms with Crippen LogP contribution in [0.15, 0.2) is 12.1 Å². The highest BCUT2D eigenvalue weighted by Crippen LogP contribution is 2.33. The Balaban J connectivity index is 3.29. The predicted molar refractivity (Wildman–Crippen MR) is 70.9 cm³/mol. The topological polar surface area (TPSA) is 9.23 Å². The summed E-state index contributed by atoms with van der Waals surface area (Å²) in [7, 11) is 1.73. The lowest BCUT2D eigenvalue weighted by Crippen LogP contribution is -2.14. The Morgan fingerprint density at radius 3 is 2.31 bits per heavy atom. The van der Waals surface area contributed by atoms with Crippen LogP contribution in [0.5, 0.6) is 5.75 Å². The van der Waals surface area contributed by atoms with Crippen molar-refractivity contribution in [2.45, 2.75) is 39.5 Å². The van der Waals surface area contributed by atoms with Crippen LogP contribution in [0.4, 0.5) is 0 Å². The van der Waals surface area contributed by atoms with Crippen molar-refractivity contribution in [3.05, 3.63) is 28.8 Å². The summed E-state index contributed by atoms with van der Waals surface area (Å²) in [4.78, 5) is 0. The highest BCUT2D eigenvalue weighted by Gasteiger charge is 2.20. The third kappa shape index (κ3) is 2.91. The van der Waals surface area contributed by atoms with Crippen LogP contribution in [0.3, 0.4) is 0 Å². The molecule has 0 aliphatic carbocycles. The summed E-state index contributed by atoms with van der Waals surface area (Å²) in [5.41, 5.74) is 3.92. The van der Waals surface area contributed by atoms with Crippen LogP contribution in [-0.4, -0.2) is 13.0 Å². The van der Waals surface area contributed by atoms with Crippen molar-refractivity contribution in [1.82, 2.24) is 0 Å². The summed E-state index contributed by atoms with van der Waals surface area (Å²) >= 11 is 5.82. The average Bonchev–Trinajstić information content (AvgIpc) is 2.19. The fourth-order valence-corrected chi connectivity index (χ4v) is 2.06. The van der Waals surface area contributed by atoms with E-state index in [2.05, 4.69) is 39.8 Å². The minimum absolute atomic E-state index is 0.0973. The molecule has 2 heteroatoms. The SMILES string of the molecule is COc1cc(C)c(CCCl)cc1C(C)(C)C. The van der Waals surface area contributed by atoms with Crippen LogP contribution in [-0.2, 0) is 11.8 Å². The molecule has 0 amide bonds. The maximum Gasteiger partial charge on any atom is 0.122 e. The lowest BCUT2D eigenvalue weighted by molar-refractivity contribution is 0.397. The number of ether oxygens (including phenoxy) is 1. The number of hydrogen-bond donors (Lipinski definition) is 0. The van der Waals surface area contributed by atoms with Gasteiger partial charge >= 0.3 is 0 Å². The highest BCUT2D eigenvalue weighted by atomic mass is 35.5. The van der Waals surface area contributed by atoms with Crippen molar-refractivity contribution >= 4 is 11.6 Å². The molecule has 1 nitrogen and oxygen atoms in total. The fourth-order valence-electron chi connectivity index (χ4n) is 1.85. The first-order chi connectivity index (χ1) is 7.40. The molecule has 90 valence electrons. The average molecular weight is 241 g/mol. The minimum atomic E-state index is 0.0973. The molecule has 0 saturated heterocycles. The summed E-state index contributed by atoms with van der Waals surface area (Å²) in [6.45, 7) is 8.71. The first kappa shape index (κ1) is 13.4. The van der Waals surface area contributed by atoms with E-state index in [1.165, 1.54) is 16.7 Å². The molecule has 16 heavy (non-hydrogen) atoms. The second-order valence-corrected chi connectivity index (χ2v) is 5.55. The maximum absolute atomic E-state index is 5.82. The first-order valence-corrected chi connectivity index (χ1v) is 6.17. The Bertz CT molecular complexity index is 364. The summed E-state index contributed by atoms with van der Waals surface area (Å²) in [6, 6.07) is 4.35. The van der Waals surface area contributed by atoms with Crippen LogP contribution in [0, 0.1) is 6.92 Å². The van der Waals surface area contributed by atoms with Crippen molar-refractivity contribution < 1.29 is 4.74 Å². The van der Waals surface area contributed by atoms with Crippen molar-refractivity contribution in [3.63, 3.8) is 0 Å². The quantitative estimate of drug-likeness (QED) is 0.724. The number of rotatable bonds is 3. The molecular weight excluding hydrogens is 220 g/mol. The number of aryl methyl sites for hydroxylation is 2. The minimum Gasteiger partial charge on any atom is -0.496 e. The van der Waals surface area contributed by atoms with Crippen LogP contribution in [0.25, 0.3) is 0 Å². The lowest BCUT2D eigenvalue weighted by atomic mass is 9.84. The van der Waals surface area contributed by atoms with E-state index in [1.807, 2.05) is 0 Å². The largest absolute Gasteiger partial charge is 0.496 e. The van der Waals surface area contributed by atoms with E-state index in [-0.39, 0.29) is 5.41 Å². The Hall–Kier alpha value is -0.690. The zero-order valence-electron chi connectivity index (χ0n) is 10.9. The smallest absolute Gasteiger partial charge is 0.122 e. The van der Waals surface area contributed by atoms with E-state index in [4.69, 9.17) is 16.3 Å². The van der Waals surface area contributed by atoms with Crippen LogP contribution >= 0.6 is 11.6 Å². The predicted octanol–water partition coefficient (Wildman–Crippen LogP) is 4.08. The molecule has 1 aromatic rings. The molecule has 0 aliphatic heterocycles. The van der Waals surface area contributed by atoms with Gasteiger partial charge in [0, 0.05) is 5.88 Å². The second kappa shape index (κ2) is 5.09. The maximum atomic E-state index is 5.82. The molecule has 0 N–H and O–H groups in total. The highest BCUT2D eigenvalue weighted by molar-refractivity contribution is 6.18. The van der Waals surface area contributed by atoms with Gasteiger partial charge in [0.25, 0.3) is 0 Å². The summed E-state index contributed by atoms with van der Waals surface area (Å²) in [5.74, 6) is 1.64. The standard InChI is InChI=1S/C14H21ClO/c1-10-8-13(16-5)12(14(2,3)4)9-11(10)6-7-15/h8-9H,6-7H2,1-5H3. The fraction of sp³-hybridized carbons (Fsp3) is 0.571. The molecular formula is C14H21ClO. The van der Waals surface area contributed by atoms with Gasteiger partial charge in [-0.2, -0.15) is 0 Å². The van der Waals surface area contributed by atoms with Crippen molar-refractivity contribution in [2.75, 3.05) is 13.0 Å². The second-order valence-electron chi connectivity index (χ2n) is 5.17. The van der Waals surface area contributed by atoms with E-state index in [1.54, 1.807) is 7.11 Å². The van der Waals surface area contributed by atoms with Gasteiger partial charge in [0.15, 0.2) is 0 Å². The van der Waals surface area contributed by atoms with Gasteiger partial charge in [-0.3, -0.25) is 0 Å². The molecule has 1 rings (SSSR count).